The van der Waals surface area contributed by atoms with E-state index >= 15 is 0 Å². The number of nitrogens with zero attached hydrogens (tertiary/aromatic N) is 2. The zero-order valence-electron chi connectivity index (χ0n) is 19.8. The molecule has 0 aliphatic carbocycles. The number of aromatic amines is 1. The van der Waals surface area contributed by atoms with Crippen molar-refractivity contribution in [2.45, 2.75) is 58.8 Å². The van der Waals surface area contributed by atoms with Crippen molar-refractivity contribution in [1.82, 2.24) is 14.9 Å². The Hall–Kier alpha value is -1.83. The number of amides is 1. The van der Waals surface area contributed by atoms with Gasteiger partial charge in [0, 0.05) is 45.6 Å². The van der Waals surface area contributed by atoms with Crippen molar-refractivity contribution in [2.75, 3.05) is 33.4 Å². The van der Waals surface area contributed by atoms with E-state index in [4.69, 9.17) is 32.7 Å². The van der Waals surface area contributed by atoms with E-state index in [1.165, 1.54) is 0 Å². The number of hydrogen-bond acceptors (Lipinski definition) is 5. The molecule has 0 spiro atoms. The highest BCUT2D eigenvalue weighted by Gasteiger charge is 2.26. The van der Waals surface area contributed by atoms with Gasteiger partial charge in [-0.3, -0.25) is 9.59 Å². The predicted octanol–water partition coefficient (Wildman–Crippen LogP) is 5.43. The maximum Gasteiger partial charge on any atom is 0.305 e. The quantitative estimate of drug-likeness (QED) is 0.261. The molecule has 1 aromatic heterocycles. The van der Waals surface area contributed by atoms with Crippen LogP contribution >= 0.6 is 23.2 Å². The van der Waals surface area contributed by atoms with Gasteiger partial charge in [-0.25, -0.2) is 4.98 Å². The van der Waals surface area contributed by atoms with Crippen molar-refractivity contribution >= 4 is 46.1 Å². The number of esters is 1. The van der Waals surface area contributed by atoms with Crippen LogP contribution in [-0.4, -0.2) is 60.2 Å². The summed E-state index contributed by atoms with van der Waals surface area (Å²) in [5, 5.41) is 0.868. The molecule has 0 fully saturated rings. The predicted molar refractivity (Wildman–Crippen MR) is 132 cm³/mol. The van der Waals surface area contributed by atoms with Gasteiger partial charge in [-0.15, -0.1) is 0 Å². The fraction of sp³-hybridized carbons (Fsp3) is 0.625. The third-order valence-corrected chi connectivity index (χ3v) is 6.21. The SMILES string of the molecule is CCCCCN(CCCOC)C(=O)C(CCC(=O)OCC)Cc1nc2cc(Cl)c(Cl)cc2[nH]1. The summed E-state index contributed by atoms with van der Waals surface area (Å²) in [5.74, 6) is -0.000522. The molecular weight excluding hydrogens is 465 g/mol. The lowest BCUT2D eigenvalue weighted by Gasteiger charge is -2.27. The smallest absolute Gasteiger partial charge is 0.305 e. The molecule has 2 rings (SSSR count). The van der Waals surface area contributed by atoms with Crippen LogP contribution in [0.1, 0.15) is 58.2 Å². The average molecular weight is 500 g/mol. The van der Waals surface area contributed by atoms with Gasteiger partial charge in [0.15, 0.2) is 0 Å². The normalized spacial score (nSPS) is 12.2. The van der Waals surface area contributed by atoms with E-state index < -0.39 is 5.92 Å². The number of methoxy groups -OCH3 is 1. The number of imidazole rings is 1. The number of carbonyl (C=O) groups excluding carboxylic acids is 2. The molecule has 7 nitrogen and oxygen atoms in total. The second-order valence-electron chi connectivity index (χ2n) is 8.09. The summed E-state index contributed by atoms with van der Waals surface area (Å²) in [7, 11) is 1.66. The van der Waals surface area contributed by atoms with Crippen molar-refractivity contribution < 1.29 is 19.1 Å². The summed E-state index contributed by atoms with van der Waals surface area (Å²) >= 11 is 12.2. The Kier molecular flexibility index (Phi) is 12.0. The second kappa shape index (κ2) is 14.4. The Bertz CT molecular complexity index is 854. The van der Waals surface area contributed by atoms with Gasteiger partial charge < -0.3 is 19.4 Å². The Morgan fingerprint density at radius 1 is 1.12 bits per heavy atom. The third-order valence-electron chi connectivity index (χ3n) is 5.48. The van der Waals surface area contributed by atoms with Gasteiger partial charge in [0.05, 0.1) is 27.7 Å². The number of rotatable bonds is 15. The zero-order chi connectivity index (χ0) is 24.2. The number of H-pyrrole nitrogens is 1. The number of aromatic nitrogens is 2. The van der Waals surface area contributed by atoms with Crippen LogP contribution in [-0.2, 0) is 25.5 Å². The number of carbonyl (C=O) groups is 2. The summed E-state index contributed by atoms with van der Waals surface area (Å²) in [5.41, 5.74) is 1.45. The molecule has 0 aliphatic rings. The van der Waals surface area contributed by atoms with Gasteiger partial charge in [-0.05, 0) is 38.3 Å². The number of ether oxygens (including phenoxy) is 2. The fourth-order valence-electron chi connectivity index (χ4n) is 3.77. The summed E-state index contributed by atoms with van der Waals surface area (Å²) in [6, 6.07) is 3.43. The average Bonchev–Trinajstić information content (AvgIpc) is 3.16. The van der Waals surface area contributed by atoms with Crippen LogP contribution in [0.4, 0.5) is 0 Å². The maximum atomic E-state index is 13.6. The van der Waals surface area contributed by atoms with E-state index in [0.717, 1.165) is 31.2 Å². The van der Waals surface area contributed by atoms with E-state index in [2.05, 4.69) is 16.9 Å². The van der Waals surface area contributed by atoms with Gasteiger partial charge in [0.2, 0.25) is 5.91 Å². The van der Waals surface area contributed by atoms with Crippen molar-refractivity contribution in [3.05, 3.63) is 28.0 Å². The van der Waals surface area contributed by atoms with E-state index in [-0.39, 0.29) is 18.3 Å². The van der Waals surface area contributed by atoms with Crippen LogP contribution in [0.3, 0.4) is 0 Å². The van der Waals surface area contributed by atoms with Crippen LogP contribution in [0.25, 0.3) is 11.0 Å². The van der Waals surface area contributed by atoms with Crippen molar-refractivity contribution in [2.24, 2.45) is 5.92 Å². The number of benzene rings is 1. The summed E-state index contributed by atoms with van der Waals surface area (Å²) in [6.07, 6.45) is 4.82. The molecule has 1 N–H and O–H groups in total. The van der Waals surface area contributed by atoms with E-state index in [1.807, 2.05) is 4.90 Å². The first-order valence-electron chi connectivity index (χ1n) is 11.7. The Labute approximate surface area is 206 Å². The monoisotopic (exact) mass is 499 g/mol. The highest BCUT2D eigenvalue weighted by molar-refractivity contribution is 6.42. The summed E-state index contributed by atoms with van der Waals surface area (Å²) in [4.78, 5) is 35.3. The minimum Gasteiger partial charge on any atom is -0.466 e. The zero-order valence-corrected chi connectivity index (χ0v) is 21.3. The van der Waals surface area contributed by atoms with Crippen molar-refractivity contribution in [1.29, 1.82) is 0 Å². The number of fused-ring (bicyclic) bond motifs is 1. The first-order chi connectivity index (χ1) is 15.9. The van der Waals surface area contributed by atoms with Crippen molar-refractivity contribution in [3.63, 3.8) is 0 Å². The minimum atomic E-state index is -0.398. The highest BCUT2D eigenvalue weighted by Crippen LogP contribution is 2.27. The lowest BCUT2D eigenvalue weighted by Crippen LogP contribution is -2.39. The minimum absolute atomic E-state index is 0.0306. The largest absolute Gasteiger partial charge is 0.466 e. The lowest BCUT2D eigenvalue weighted by atomic mass is 9.96. The first kappa shape index (κ1) is 27.4. The van der Waals surface area contributed by atoms with Gasteiger partial charge >= 0.3 is 5.97 Å². The second-order valence-corrected chi connectivity index (χ2v) is 8.90. The van der Waals surface area contributed by atoms with E-state index in [9.17, 15) is 9.59 Å². The summed E-state index contributed by atoms with van der Waals surface area (Å²) < 4.78 is 10.3. The molecule has 9 heteroatoms. The van der Waals surface area contributed by atoms with Gasteiger partial charge in [-0.1, -0.05) is 43.0 Å². The number of halogens is 2. The number of nitrogens with one attached hydrogen (secondary N) is 1. The van der Waals surface area contributed by atoms with E-state index in [0.29, 0.717) is 60.5 Å². The van der Waals surface area contributed by atoms with Crippen LogP contribution in [0.5, 0.6) is 0 Å². The Morgan fingerprint density at radius 3 is 2.55 bits per heavy atom. The van der Waals surface area contributed by atoms with Crippen molar-refractivity contribution in [3.8, 4) is 0 Å². The molecule has 1 aromatic carbocycles. The van der Waals surface area contributed by atoms with Crippen LogP contribution in [0, 0.1) is 5.92 Å². The molecule has 1 unspecified atom stereocenters. The molecule has 0 saturated heterocycles. The molecule has 2 aromatic rings. The lowest BCUT2D eigenvalue weighted by molar-refractivity contribution is -0.144. The third kappa shape index (κ3) is 8.80. The molecule has 0 radical (unpaired) electrons. The van der Waals surface area contributed by atoms with Crippen LogP contribution in [0.15, 0.2) is 12.1 Å². The Morgan fingerprint density at radius 2 is 1.85 bits per heavy atom. The molecule has 33 heavy (non-hydrogen) atoms. The highest BCUT2D eigenvalue weighted by atomic mass is 35.5. The molecule has 0 saturated carbocycles. The first-order valence-corrected chi connectivity index (χ1v) is 12.4. The maximum absolute atomic E-state index is 13.6. The van der Waals surface area contributed by atoms with Crippen LogP contribution in [0.2, 0.25) is 10.0 Å². The molecule has 1 atom stereocenters. The summed E-state index contributed by atoms with van der Waals surface area (Å²) in [6.45, 7) is 6.14. The van der Waals surface area contributed by atoms with Gasteiger partial charge in [0.1, 0.15) is 5.82 Å². The van der Waals surface area contributed by atoms with Gasteiger partial charge in [0.25, 0.3) is 0 Å². The fourth-order valence-corrected chi connectivity index (χ4v) is 4.09. The standard InChI is InChI=1S/C24H35Cl2N3O4/c1-4-6-7-11-29(12-8-13-32-3)24(31)17(9-10-23(30)33-5-2)14-22-27-20-15-18(25)19(26)16-21(20)28-22/h15-17H,4-14H2,1-3H3,(H,27,28). The molecular formula is C24H35Cl2N3O4. The topological polar surface area (TPSA) is 84.5 Å². The molecule has 0 bridgehead atoms. The number of unbranched alkanes of at least 4 members (excludes halogenated alkanes) is 2. The molecule has 1 amide bonds. The molecule has 0 aliphatic heterocycles. The van der Waals surface area contributed by atoms with Crippen LogP contribution < -0.4 is 0 Å². The van der Waals surface area contributed by atoms with Gasteiger partial charge in [-0.2, -0.15) is 0 Å². The van der Waals surface area contributed by atoms with E-state index in [1.54, 1.807) is 26.2 Å². The number of hydrogen-bond donors (Lipinski definition) is 1. The molecule has 184 valence electrons. The Balaban J connectivity index is 2.22. The molecule has 1 heterocycles.